The number of aromatic nitrogens is 1. The number of ether oxygens (including phenoxy) is 2. The molecule has 3 rings (SSSR count). The number of nitrogens with zero attached hydrogens (tertiary/aromatic N) is 1. The van der Waals surface area contributed by atoms with E-state index in [0.29, 0.717) is 0 Å². The highest BCUT2D eigenvalue weighted by atomic mass is 32.2. The van der Waals surface area contributed by atoms with Crippen LogP contribution >= 0.6 is 11.8 Å². The highest BCUT2D eigenvalue weighted by Gasteiger charge is 2.41. The second-order valence-electron chi connectivity index (χ2n) is 4.76. The second kappa shape index (κ2) is 4.86. The summed E-state index contributed by atoms with van der Waals surface area (Å²) < 4.78 is 12.0. The van der Waals surface area contributed by atoms with Gasteiger partial charge in [-0.2, -0.15) is 11.8 Å². The molecule has 92 valence electrons. The van der Waals surface area contributed by atoms with Gasteiger partial charge in [-0.25, -0.2) is 0 Å². The van der Waals surface area contributed by atoms with Crippen molar-refractivity contribution >= 4 is 11.8 Å². The Balaban J connectivity index is 1.64. The van der Waals surface area contributed by atoms with Gasteiger partial charge in [0.2, 0.25) is 0 Å². The van der Waals surface area contributed by atoms with Gasteiger partial charge in [0.15, 0.2) is 0 Å². The van der Waals surface area contributed by atoms with Crippen molar-refractivity contribution in [1.29, 1.82) is 0 Å². The van der Waals surface area contributed by atoms with E-state index in [1.165, 1.54) is 12.2 Å². The summed E-state index contributed by atoms with van der Waals surface area (Å²) in [6.07, 6.45) is 7.02. The van der Waals surface area contributed by atoms with E-state index in [-0.39, 0.29) is 11.7 Å². The van der Waals surface area contributed by atoms with Gasteiger partial charge in [0.05, 0.1) is 18.4 Å². The minimum Gasteiger partial charge on any atom is -0.489 e. The lowest BCUT2D eigenvalue weighted by atomic mass is 9.91. The van der Waals surface area contributed by atoms with Crippen molar-refractivity contribution in [2.45, 2.75) is 31.0 Å². The maximum absolute atomic E-state index is 5.99. The summed E-state index contributed by atoms with van der Waals surface area (Å²) in [7, 11) is 0. The molecular formula is C13H17NO2S. The molecular weight excluding hydrogens is 234 g/mol. The van der Waals surface area contributed by atoms with Crippen LogP contribution in [-0.4, -0.2) is 34.8 Å². The molecule has 17 heavy (non-hydrogen) atoms. The van der Waals surface area contributed by atoms with Gasteiger partial charge in [-0.15, -0.1) is 0 Å². The zero-order valence-corrected chi connectivity index (χ0v) is 10.6. The molecule has 3 heterocycles. The average Bonchev–Trinajstić information content (AvgIpc) is 2.79. The van der Waals surface area contributed by atoms with Crippen LogP contribution in [0.3, 0.4) is 0 Å². The molecule has 1 aromatic rings. The summed E-state index contributed by atoms with van der Waals surface area (Å²) in [5, 5.41) is 0. The van der Waals surface area contributed by atoms with Gasteiger partial charge in [-0.05, 0) is 24.3 Å². The van der Waals surface area contributed by atoms with E-state index in [4.69, 9.17) is 9.47 Å². The number of rotatable bonds is 2. The van der Waals surface area contributed by atoms with Crippen molar-refractivity contribution < 1.29 is 9.47 Å². The summed E-state index contributed by atoms with van der Waals surface area (Å²) in [5.74, 6) is 3.22. The van der Waals surface area contributed by atoms with Crippen LogP contribution in [-0.2, 0) is 4.74 Å². The van der Waals surface area contributed by atoms with E-state index < -0.39 is 0 Å². The first-order chi connectivity index (χ1) is 8.36. The number of thioether (sulfide) groups is 1. The molecule has 4 heteroatoms. The SMILES string of the molecule is c1cncc(OC2CCOC3(CCSC3)C2)c1. The molecule has 3 nitrogen and oxygen atoms in total. The molecule has 2 atom stereocenters. The van der Waals surface area contributed by atoms with Crippen LogP contribution < -0.4 is 4.74 Å². The van der Waals surface area contributed by atoms with Gasteiger partial charge in [0.1, 0.15) is 11.9 Å². The van der Waals surface area contributed by atoms with E-state index in [1.54, 1.807) is 12.4 Å². The van der Waals surface area contributed by atoms with Gasteiger partial charge >= 0.3 is 0 Å². The number of pyridine rings is 1. The topological polar surface area (TPSA) is 31.4 Å². The van der Waals surface area contributed by atoms with Crippen molar-refractivity contribution in [2.75, 3.05) is 18.1 Å². The average molecular weight is 251 g/mol. The summed E-state index contributed by atoms with van der Waals surface area (Å²) in [4.78, 5) is 4.08. The molecule has 1 spiro atoms. The smallest absolute Gasteiger partial charge is 0.138 e. The Morgan fingerprint density at radius 1 is 1.53 bits per heavy atom. The molecule has 2 saturated heterocycles. The quantitative estimate of drug-likeness (QED) is 0.808. The maximum atomic E-state index is 5.99. The molecule has 2 aliphatic rings. The molecule has 0 aromatic carbocycles. The van der Waals surface area contributed by atoms with Crippen LogP contribution in [0.5, 0.6) is 5.75 Å². The van der Waals surface area contributed by atoms with Crippen LogP contribution in [0.2, 0.25) is 0 Å². The van der Waals surface area contributed by atoms with Gasteiger partial charge in [0, 0.05) is 24.8 Å². The predicted octanol–water partition coefficient (Wildman–Crippen LogP) is 2.52. The van der Waals surface area contributed by atoms with Crippen molar-refractivity contribution in [2.24, 2.45) is 0 Å². The van der Waals surface area contributed by atoms with E-state index in [2.05, 4.69) is 4.98 Å². The molecule has 0 bridgehead atoms. The molecule has 0 amide bonds. The highest BCUT2D eigenvalue weighted by molar-refractivity contribution is 7.99. The first kappa shape index (κ1) is 11.4. The molecule has 2 aliphatic heterocycles. The Bertz CT molecular complexity index is 365. The minimum atomic E-state index is 0.0930. The van der Waals surface area contributed by atoms with E-state index in [1.807, 2.05) is 23.9 Å². The summed E-state index contributed by atoms with van der Waals surface area (Å²) in [6, 6.07) is 3.88. The fourth-order valence-electron chi connectivity index (χ4n) is 2.56. The van der Waals surface area contributed by atoms with Crippen molar-refractivity contribution in [3.63, 3.8) is 0 Å². The standard InChI is InChI=1S/C13H17NO2S/c1-2-12(9-14-5-1)16-11-3-6-15-13(8-11)4-7-17-10-13/h1-2,5,9,11H,3-4,6-8,10H2. The van der Waals surface area contributed by atoms with Gasteiger partial charge < -0.3 is 9.47 Å². The molecule has 2 fully saturated rings. The first-order valence-electron chi connectivity index (χ1n) is 6.15. The molecule has 0 aliphatic carbocycles. The van der Waals surface area contributed by atoms with Gasteiger partial charge in [-0.3, -0.25) is 4.98 Å². The highest BCUT2D eigenvalue weighted by Crippen LogP contribution is 2.39. The number of hydrogen-bond donors (Lipinski definition) is 0. The largest absolute Gasteiger partial charge is 0.489 e. The van der Waals surface area contributed by atoms with Crippen LogP contribution in [0.4, 0.5) is 0 Å². The monoisotopic (exact) mass is 251 g/mol. The Morgan fingerprint density at radius 3 is 3.29 bits per heavy atom. The molecule has 0 N–H and O–H groups in total. The summed E-state index contributed by atoms with van der Waals surface area (Å²) in [5.41, 5.74) is 0.0930. The molecule has 1 aromatic heterocycles. The van der Waals surface area contributed by atoms with Crippen molar-refractivity contribution in [3.8, 4) is 5.75 Å². The molecule has 0 saturated carbocycles. The van der Waals surface area contributed by atoms with Crippen molar-refractivity contribution in [1.82, 2.24) is 4.98 Å². The Kier molecular flexibility index (Phi) is 3.25. The summed E-state index contributed by atoms with van der Waals surface area (Å²) in [6.45, 7) is 0.825. The second-order valence-corrected chi connectivity index (χ2v) is 5.86. The first-order valence-corrected chi connectivity index (χ1v) is 7.30. The third kappa shape index (κ3) is 2.58. The Morgan fingerprint density at radius 2 is 2.53 bits per heavy atom. The third-order valence-corrected chi connectivity index (χ3v) is 4.68. The normalized spacial score (nSPS) is 32.8. The minimum absolute atomic E-state index is 0.0930. The van der Waals surface area contributed by atoms with Crippen LogP contribution in [0.25, 0.3) is 0 Å². The lowest BCUT2D eigenvalue weighted by Crippen LogP contribution is -2.43. The van der Waals surface area contributed by atoms with Gasteiger partial charge in [-0.1, -0.05) is 0 Å². The van der Waals surface area contributed by atoms with E-state index >= 15 is 0 Å². The lowest BCUT2D eigenvalue weighted by molar-refractivity contribution is -0.0959. The van der Waals surface area contributed by atoms with Crippen LogP contribution in [0.15, 0.2) is 24.5 Å². The third-order valence-electron chi connectivity index (χ3n) is 3.45. The zero-order chi connectivity index (χ0) is 11.6. The fourth-order valence-corrected chi connectivity index (χ4v) is 3.93. The Hall–Kier alpha value is -0.740. The van der Waals surface area contributed by atoms with Crippen LogP contribution in [0, 0.1) is 0 Å². The van der Waals surface area contributed by atoms with Gasteiger partial charge in [0.25, 0.3) is 0 Å². The fraction of sp³-hybridized carbons (Fsp3) is 0.615. The van der Waals surface area contributed by atoms with E-state index in [0.717, 1.165) is 31.0 Å². The molecule has 2 unspecified atom stereocenters. The predicted molar refractivity (Wildman–Crippen MR) is 68.5 cm³/mol. The maximum Gasteiger partial charge on any atom is 0.138 e. The van der Waals surface area contributed by atoms with E-state index in [9.17, 15) is 0 Å². The number of hydrogen-bond acceptors (Lipinski definition) is 4. The molecule has 0 radical (unpaired) electrons. The van der Waals surface area contributed by atoms with Crippen molar-refractivity contribution in [3.05, 3.63) is 24.5 Å². The zero-order valence-electron chi connectivity index (χ0n) is 9.80. The lowest BCUT2D eigenvalue weighted by Gasteiger charge is -2.37. The Labute approximate surface area is 106 Å². The van der Waals surface area contributed by atoms with Crippen LogP contribution in [0.1, 0.15) is 19.3 Å². The summed E-state index contributed by atoms with van der Waals surface area (Å²) >= 11 is 1.99.